The molecule has 9 heteroatoms. The van der Waals surface area contributed by atoms with Gasteiger partial charge in [-0.1, -0.05) is 0 Å². The molecule has 5 rings (SSSR count). The van der Waals surface area contributed by atoms with Crippen molar-refractivity contribution in [3.63, 3.8) is 0 Å². The van der Waals surface area contributed by atoms with Gasteiger partial charge in [0.2, 0.25) is 0 Å². The van der Waals surface area contributed by atoms with Gasteiger partial charge in [0.05, 0.1) is 35.9 Å². The topological polar surface area (TPSA) is 108 Å². The number of aryl methyl sites for hydroxylation is 1. The summed E-state index contributed by atoms with van der Waals surface area (Å²) in [5, 5.41) is 18.5. The Kier molecular flexibility index (Phi) is 4.22. The predicted octanol–water partition coefficient (Wildman–Crippen LogP) is 3.44. The summed E-state index contributed by atoms with van der Waals surface area (Å²) in [4.78, 5) is 4.25. The summed E-state index contributed by atoms with van der Waals surface area (Å²) in [7, 11) is 1.83. The Morgan fingerprint density at radius 2 is 2.03 bits per heavy atom. The third-order valence-corrected chi connectivity index (χ3v) is 5.46. The van der Waals surface area contributed by atoms with Gasteiger partial charge < -0.3 is 10.5 Å². The third kappa shape index (κ3) is 3.00. The highest BCUT2D eigenvalue weighted by Gasteiger charge is 2.24. The highest BCUT2D eigenvalue weighted by Crippen LogP contribution is 2.37. The second-order valence-corrected chi connectivity index (χ2v) is 7.42. The Bertz CT molecular complexity index is 1360. The number of nitrogens with zero attached hydrogens (tertiary/aromatic N) is 6. The lowest BCUT2D eigenvalue weighted by Crippen LogP contribution is -2.12. The lowest BCUT2D eigenvalue weighted by Gasteiger charge is -2.21. The molecule has 8 nitrogen and oxygen atoms in total. The molecule has 0 amide bonds. The molecule has 0 saturated carbocycles. The number of ether oxygens (including phenoxy) is 1. The Balaban J connectivity index is 1.83. The van der Waals surface area contributed by atoms with E-state index in [1.54, 1.807) is 33.9 Å². The maximum absolute atomic E-state index is 14.2. The zero-order chi connectivity index (χ0) is 21.7. The zero-order valence-corrected chi connectivity index (χ0v) is 16.9. The molecule has 1 aromatic carbocycles. The summed E-state index contributed by atoms with van der Waals surface area (Å²) >= 11 is 0. The number of aromatic nitrogens is 5. The number of nitriles is 1. The second-order valence-electron chi connectivity index (χ2n) is 7.42. The summed E-state index contributed by atoms with van der Waals surface area (Å²) in [5.41, 5.74) is 10.9. The molecular formula is C22H18FN7O. The molecule has 31 heavy (non-hydrogen) atoms. The van der Waals surface area contributed by atoms with E-state index >= 15 is 0 Å². The van der Waals surface area contributed by atoms with E-state index in [2.05, 4.69) is 21.3 Å². The van der Waals surface area contributed by atoms with Crippen LogP contribution in [0.2, 0.25) is 0 Å². The van der Waals surface area contributed by atoms with Crippen LogP contribution >= 0.6 is 0 Å². The molecule has 3 aromatic heterocycles. The summed E-state index contributed by atoms with van der Waals surface area (Å²) < 4.78 is 23.8. The van der Waals surface area contributed by atoms with Crippen molar-refractivity contribution in [2.75, 3.05) is 5.73 Å². The average Bonchev–Trinajstić information content (AvgIpc) is 3.32. The van der Waals surface area contributed by atoms with Crippen molar-refractivity contribution in [1.29, 1.82) is 5.26 Å². The number of benzene rings is 1. The van der Waals surface area contributed by atoms with Gasteiger partial charge in [-0.25, -0.2) is 9.37 Å². The van der Waals surface area contributed by atoms with E-state index in [4.69, 9.17) is 10.5 Å². The summed E-state index contributed by atoms with van der Waals surface area (Å²) in [6.45, 7) is 2.20. The minimum atomic E-state index is -0.521. The Morgan fingerprint density at radius 3 is 2.84 bits per heavy atom. The van der Waals surface area contributed by atoms with Crippen LogP contribution in [-0.2, 0) is 13.6 Å². The fraction of sp³-hybridized carbons (Fsp3) is 0.182. The van der Waals surface area contributed by atoms with Crippen molar-refractivity contribution in [3.05, 3.63) is 65.4 Å². The van der Waals surface area contributed by atoms with Gasteiger partial charge in [-0.2, -0.15) is 15.5 Å². The second kappa shape index (κ2) is 6.95. The molecule has 1 aliphatic rings. The highest BCUT2D eigenvalue weighted by molar-refractivity contribution is 5.71. The molecule has 154 valence electrons. The molecule has 1 aliphatic heterocycles. The van der Waals surface area contributed by atoms with E-state index in [1.165, 1.54) is 18.3 Å². The molecule has 0 radical (unpaired) electrons. The van der Waals surface area contributed by atoms with Gasteiger partial charge >= 0.3 is 0 Å². The van der Waals surface area contributed by atoms with Crippen molar-refractivity contribution < 1.29 is 9.13 Å². The Labute approximate surface area is 177 Å². The number of hydrogen-bond donors (Lipinski definition) is 1. The molecule has 1 atom stereocenters. The fourth-order valence-corrected chi connectivity index (χ4v) is 4.02. The molecule has 0 saturated heterocycles. The standard InChI is InChI=1S/C22H18FN7O/c1-12-18-6-16(23)3-4-17(18)21-15(10-27-29(21)2)11-30-20(14(7-24)9-28-30)13-5-19(31-12)22(25)26-8-13/h3-6,8-10,12H,11H2,1-2H3,(H2,25,26). The molecule has 0 fully saturated rings. The Hall–Kier alpha value is -4.19. The third-order valence-electron chi connectivity index (χ3n) is 5.46. The summed E-state index contributed by atoms with van der Waals surface area (Å²) in [6, 6.07) is 8.52. The fourth-order valence-electron chi connectivity index (χ4n) is 4.02. The number of fused-ring (bicyclic) bond motifs is 7. The van der Waals surface area contributed by atoms with E-state index < -0.39 is 6.10 Å². The molecule has 0 spiro atoms. The minimum absolute atomic E-state index is 0.205. The number of nitrogen functional groups attached to an aromatic ring is 1. The quantitative estimate of drug-likeness (QED) is 0.471. The van der Waals surface area contributed by atoms with E-state index in [0.29, 0.717) is 34.7 Å². The van der Waals surface area contributed by atoms with E-state index in [9.17, 15) is 9.65 Å². The van der Waals surface area contributed by atoms with Gasteiger partial charge in [0.25, 0.3) is 0 Å². The van der Waals surface area contributed by atoms with Crippen LogP contribution in [0.1, 0.15) is 29.7 Å². The van der Waals surface area contributed by atoms with Crippen LogP contribution in [0.3, 0.4) is 0 Å². The van der Waals surface area contributed by atoms with Crippen molar-refractivity contribution in [2.24, 2.45) is 7.05 Å². The number of rotatable bonds is 0. The Morgan fingerprint density at radius 1 is 1.19 bits per heavy atom. The smallest absolute Gasteiger partial charge is 0.166 e. The first-order valence-corrected chi connectivity index (χ1v) is 9.65. The lowest BCUT2D eigenvalue weighted by molar-refractivity contribution is 0.227. The number of hydrogen-bond acceptors (Lipinski definition) is 6. The lowest BCUT2D eigenvalue weighted by atomic mass is 9.97. The maximum atomic E-state index is 14.2. The molecule has 2 bridgehead atoms. The van der Waals surface area contributed by atoms with Crippen molar-refractivity contribution >= 4 is 5.82 Å². The largest absolute Gasteiger partial charge is 0.482 e. The summed E-state index contributed by atoms with van der Waals surface area (Å²) in [5.74, 6) is 0.192. The molecule has 4 aromatic rings. The van der Waals surface area contributed by atoms with Crippen molar-refractivity contribution in [3.8, 4) is 34.3 Å². The minimum Gasteiger partial charge on any atom is -0.482 e. The monoisotopic (exact) mass is 415 g/mol. The first-order valence-electron chi connectivity index (χ1n) is 9.65. The van der Waals surface area contributed by atoms with Gasteiger partial charge in [0.15, 0.2) is 11.6 Å². The van der Waals surface area contributed by atoms with Gasteiger partial charge in [0, 0.05) is 35.5 Å². The van der Waals surface area contributed by atoms with Gasteiger partial charge in [0.1, 0.15) is 18.0 Å². The van der Waals surface area contributed by atoms with Gasteiger partial charge in [-0.3, -0.25) is 9.36 Å². The number of nitrogens with two attached hydrogens (primary N) is 1. The molecule has 4 heterocycles. The van der Waals surface area contributed by atoms with Gasteiger partial charge in [-0.05, 0) is 31.2 Å². The van der Waals surface area contributed by atoms with Crippen LogP contribution in [0, 0.1) is 17.1 Å². The van der Waals surface area contributed by atoms with Crippen LogP contribution in [-0.4, -0.2) is 24.5 Å². The van der Waals surface area contributed by atoms with Crippen molar-refractivity contribution in [2.45, 2.75) is 19.6 Å². The van der Waals surface area contributed by atoms with Crippen LogP contribution in [0.4, 0.5) is 10.2 Å². The predicted molar refractivity (Wildman–Crippen MR) is 111 cm³/mol. The highest BCUT2D eigenvalue weighted by atomic mass is 19.1. The van der Waals surface area contributed by atoms with Crippen molar-refractivity contribution in [1.82, 2.24) is 24.5 Å². The van der Waals surface area contributed by atoms with E-state index in [0.717, 1.165) is 16.8 Å². The normalized spacial score (nSPS) is 14.8. The average molecular weight is 415 g/mol. The SMILES string of the molecule is CC1Oc2cc(cnc2N)-c2c(C#N)cnn2Cc2cnn(C)c2-c2ccc(F)cc21. The molecular weight excluding hydrogens is 397 g/mol. The zero-order valence-electron chi connectivity index (χ0n) is 16.9. The summed E-state index contributed by atoms with van der Waals surface area (Å²) in [6.07, 6.45) is 4.34. The molecule has 2 N–H and O–H groups in total. The first kappa shape index (κ1) is 18.8. The van der Waals surface area contributed by atoms with Crippen LogP contribution in [0.15, 0.2) is 42.9 Å². The van der Waals surface area contributed by atoms with E-state index in [1.807, 2.05) is 14.0 Å². The molecule has 0 aliphatic carbocycles. The maximum Gasteiger partial charge on any atom is 0.166 e. The van der Waals surface area contributed by atoms with E-state index in [-0.39, 0.29) is 11.6 Å². The number of halogens is 1. The first-order chi connectivity index (χ1) is 15.0. The molecule has 1 unspecified atom stereocenters. The van der Waals surface area contributed by atoms with Gasteiger partial charge in [-0.15, -0.1) is 0 Å². The number of anilines is 1. The number of pyridine rings is 1. The van der Waals surface area contributed by atoms with Crippen LogP contribution in [0.5, 0.6) is 5.75 Å². The van der Waals surface area contributed by atoms with Crippen LogP contribution < -0.4 is 10.5 Å². The van der Waals surface area contributed by atoms with Crippen LogP contribution in [0.25, 0.3) is 22.5 Å².